The lowest BCUT2D eigenvalue weighted by Crippen LogP contribution is -2.14. The van der Waals surface area contributed by atoms with Crippen LogP contribution in [0.1, 0.15) is 11.4 Å². The maximum Gasteiger partial charge on any atom is 0.124 e. The van der Waals surface area contributed by atoms with E-state index < -0.39 is 0 Å². The van der Waals surface area contributed by atoms with Crippen LogP contribution < -0.4 is 10.1 Å². The second-order valence-electron chi connectivity index (χ2n) is 3.60. The molecule has 4 nitrogen and oxygen atoms in total. The van der Waals surface area contributed by atoms with E-state index in [4.69, 9.17) is 16.3 Å². The fourth-order valence-electron chi connectivity index (χ4n) is 1.57. The Kier molecular flexibility index (Phi) is 4.01. The van der Waals surface area contributed by atoms with Gasteiger partial charge in [0.05, 0.1) is 13.7 Å². The van der Waals surface area contributed by atoms with E-state index in [1.807, 2.05) is 18.2 Å². The number of halogens is 1. The molecule has 0 unspecified atom stereocenters. The van der Waals surface area contributed by atoms with Gasteiger partial charge >= 0.3 is 0 Å². The predicted octanol–water partition coefficient (Wildman–Crippen LogP) is 2.36. The van der Waals surface area contributed by atoms with Gasteiger partial charge in [-0.1, -0.05) is 17.7 Å². The van der Waals surface area contributed by atoms with Gasteiger partial charge in [0.25, 0.3) is 0 Å². The molecular formula is C12H14ClN3O. The molecule has 2 N–H and O–H groups in total. The van der Waals surface area contributed by atoms with Crippen LogP contribution in [-0.4, -0.2) is 17.1 Å². The highest BCUT2D eigenvalue weighted by atomic mass is 35.5. The summed E-state index contributed by atoms with van der Waals surface area (Å²) in [5.41, 5.74) is 1.07. The molecule has 5 heteroatoms. The molecule has 0 saturated carbocycles. The van der Waals surface area contributed by atoms with Crippen LogP contribution in [0.15, 0.2) is 30.6 Å². The molecule has 0 saturated heterocycles. The number of benzene rings is 1. The van der Waals surface area contributed by atoms with E-state index in [0.717, 1.165) is 17.1 Å². The Bertz CT molecular complexity index is 471. The summed E-state index contributed by atoms with van der Waals surface area (Å²) in [7, 11) is 1.64. The second kappa shape index (κ2) is 5.70. The Hall–Kier alpha value is -1.52. The molecule has 0 amide bonds. The summed E-state index contributed by atoms with van der Waals surface area (Å²) >= 11 is 5.90. The number of aromatic nitrogens is 2. The van der Waals surface area contributed by atoms with Crippen molar-refractivity contribution in [3.05, 3.63) is 47.0 Å². The van der Waals surface area contributed by atoms with Crippen LogP contribution in [-0.2, 0) is 13.1 Å². The number of rotatable bonds is 5. The summed E-state index contributed by atoms with van der Waals surface area (Å²) in [5.74, 6) is 1.71. The number of nitrogens with zero attached hydrogens (tertiary/aromatic N) is 1. The normalized spacial score (nSPS) is 10.5. The molecule has 90 valence electrons. The van der Waals surface area contributed by atoms with Gasteiger partial charge in [-0.05, 0) is 12.1 Å². The average Bonchev–Trinajstić information content (AvgIpc) is 2.84. The molecule has 2 aromatic rings. The number of ether oxygens (including phenoxy) is 1. The molecule has 0 bridgehead atoms. The third kappa shape index (κ3) is 3.22. The standard InChI is InChI=1S/C12H14ClN3O/c1-17-11-6-10(13)3-2-9(11)7-14-8-12-15-4-5-16-12/h2-6,14H,7-8H2,1H3,(H,15,16). The van der Waals surface area contributed by atoms with Gasteiger partial charge in [0.1, 0.15) is 11.6 Å². The summed E-state index contributed by atoms with van der Waals surface area (Å²) < 4.78 is 5.27. The molecule has 1 heterocycles. The molecule has 17 heavy (non-hydrogen) atoms. The fourth-order valence-corrected chi connectivity index (χ4v) is 1.74. The highest BCUT2D eigenvalue weighted by Crippen LogP contribution is 2.22. The lowest BCUT2D eigenvalue weighted by Gasteiger charge is -2.09. The Morgan fingerprint density at radius 3 is 3.00 bits per heavy atom. The van der Waals surface area contributed by atoms with Gasteiger partial charge in [0.15, 0.2) is 0 Å². The number of imidazole rings is 1. The van der Waals surface area contributed by atoms with Crippen molar-refractivity contribution in [1.29, 1.82) is 0 Å². The third-order valence-corrected chi connectivity index (χ3v) is 2.65. The summed E-state index contributed by atoms with van der Waals surface area (Å²) in [6.45, 7) is 1.40. The van der Waals surface area contributed by atoms with Crippen LogP contribution in [0.3, 0.4) is 0 Å². The Morgan fingerprint density at radius 2 is 2.29 bits per heavy atom. The molecule has 0 aliphatic rings. The van der Waals surface area contributed by atoms with Crippen LogP contribution in [0.25, 0.3) is 0 Å². The maximum absolute atomic E-state index is 5.90. The summed E-state index contributed by atoms with van der Waals surface area (Å²) in [4.78, 5) is 7.17. The number of aromatic amines is 1. The highest BCUT2D eigenvalue weighted by molar-refractivity contribution is 6.30. The smallest absolute Gasteiger partial charge is 0.124 e. The van der Waals surface area contributed by atoms with Crippen LogP contribution in [0.5, 0.6) is 5.75 Å². The molecule has 0 aliphatic heterocycles. The van der Waals surface area contributed by atoms with Gasteiger partial charge in [-0.2, -0.15) is 0 Å². The summed E-state index contributed by atoms with van der Waals surface area (Å²) in [5, 5.41) is 3.96. The number of hydrogen-bond acceptors (Lipinski definition) is 3. The van der Waals surface area contributed by atoms with Crippen molar-refractivity contribution in [3.8, 4) is 5.75 Å². The first-order valence-corrected chi connectivity index (χ1v) is 5.69. The van der Waals surface area contributed by atoms with E-state index >= 15 is 0 Å². The molecular weight excluding hydrogens is 238 g/mol. The Labute approximate surface area is 105 Å². The SMILES string of the molecule is COc1cc(Cl)ccc1CNCc1ncc[nH]1. The van der Waals surface area contributed by atoms with Crippen LogP contribution >= 0.6 is 11.6 Å². The van der Waals surface area contributed by atoms with Crippen LogP contribution in [0.2, 0.25) is 5.02 Å². The van der Waals surface area contributed by atoms with E-state index in [2.05, 4.69) is 15.3 Å². The Morgan fingerprint density at radius 1 is 1.41 bits per heavy atom. The molecule has 1 aromatic heterocycles. The fraction of sp³-hybridized carbons (Fsp3) is 0.250. The number of methoxy groups -OCH3 is 1. The van der Waals surface area contributed by atoms with Gasteiger partial charge in [0, 0.05) is 29.5 Å². The molecule has 2 rings (SSSR count). The molecule has 0 radical (unpaired) electrons. The van der Waals surface area contributed by atoms with Gasteiger partial charge in [0.2, 0.25) is 0 Å². The van der Waals surface area contributed by atoms with E-state index in [0.29, 0.717) is 18.1 Å². The summed E-state index contributed by atoms with van der Waals surface area (Å²) in [6.07, 6.45) is 3.54. The zero-order chi connectivity index (χ0) is 12.1. The quantitative estimate of drug-likeness (QED) is 0.858. The van der Waals surface area contributed by atoms with E-state index in [1.165, 1.54) is 0 Å². The van der Waals surface area contributed by atoms with Crippen molar-refractivity contribution < 1.29 is 4.74 Å². The first-order valence-electron chi connectivity index (χ1n) is 5.31. The molecule has 1 aromatic carbocycles. The maximum atomic E-state index is 5.90. The minimum atomic E-state index is 0.677. The molecule has 0 fully saturated rings. The first-order chi connectivity index (χ1) is 8.29. The molecule has 0 spiro atoms. The van der Waals surface area contributed by atoms with E-state index in [1.54, 1.807) is 19.5 Å². The lowest BCUT2D eigenvalue weighted by molar-refractivity contribution is 0.407. The van der Waals surface area contributed by atoms with Gasteiger partial charge in [-0.15, -0.1) is 0 Å². The number of nitrogens with one attached hydrogen (secondary N) is 2. The minimum absolute atomic E-state index is 0.677. The van der Waals surface area contributed by atoms with Gasteiger partial charge in [-0.3, -0.25) is 0 Å². The highest BCUT2D eigenvalue weighted by Gasteiger charge is 2.03. The number of hydrogen-bond donors (Lipinski definition) is 2. The molecule has 0 aliphatic carbocycles. The van der Waals surface area contributed by atoms with E-state index in [9.17, 15) is 0 Å². The summed E-state index contributed by atoms with van der Waals surface area (Å²) in [6, 6.07) is 5.62. The van der Waals surface area contributed by atoms with Crippen molar-refractivity contribution in [1.82, 2.24) is 15.3 Å². The Balaban J connectivity index is 1.94. The zero-order valence-corrected chi connectivity index (χ0v) is 10.3. The predicted molar refractivity (Wildman–Crippen MR) is 67.1 cm³/mol. The molecule has 0 atom stereocenters. The van der Waals surface area contributed by atoms with Crippen molar-refractivity contribution in [3.63, 3.8) is 0 Å². The van der Waals surface area contributed by atoms with Crippen molar-refractivity contribution in [2.24, 2.45) is 0 Å². The van der Waals surface area contributed by atoms with Crippen LogP contribution in [0, 0.1) is 0 Å². The van der Waals surface area contributed by atoms with Gasteiger partial charge < -0.3 is 15.0 Å². The van der Waals surface area contributed by atoms with Crippen molar-refractivity contribution >= 4 is 11.6 Å². The topological polar surface area (TPSA) is 49.9 Å². The third-order valence-electron chi connectivity index (χ3n) is 2.41. The minimum Gasteiger partial charge on any atom is -0.496 e. The van der Waals surface area contributed by atoms with Crippen molar-refractivity contribution in [2.45, 2.75) is 13.1 Å². The lowest BCUT2D eigenvalue weighted by atomic mass is 10.2. The number of H-pyrrole nitrogens is 1. The second-order valence-corrected chi connectivity index (χ2v) is 4.03. The zero-order valence-electron chi connectivity index (χ0n) is 9.53. The van der Waals surface area contributed by atoms with Gasteiger partial charge in [-0.25, -0.2) is 4.98 Å². The first kappa shape index (κ1) is 12.0. The largest absolute Gasteiger partial charge is 0.496 e. The monoisotopic (exact) mass is 251 g/mol. The van der Waals surface area contributed by atoms with Crippen molar-refractivity contribution in [2.75, 3.05) is 7.11 Å². The average molecular weight is 252 g/mol. The van der Waals surface area contributed by atoms with E-state index in [-0.39, 0.29) is 0 Å². The van der Waals surface area contributed by atoms with Crippen LogP contribution in [0.4, 0.5) is 0 Å².